The second-order valence-electron chi connectivity index (χ2n) is 4.06. The minimum Gasteiger partial charge on any atom is -0.480 e. The highest BCUT2D eigenvalue weighted by molar-refractivity contribution is 7.14. The quantitative estimate of drug-likeness (QED) is 0.820. The van der Waals surface area contributed by atoms with Crippen LogP contribution in [0.15, 0.2) is 17.5 Å². The topological polar surface area (TPSA) is 57.6 Å². The number of amides is 1. The SMILES string of the molecule is CN(C(=O)C1(C(=O)O)CCC1)c1cccs1. The van der Waals surface area contributed by atoms with Crippen molar-refractivity contribution < 1.29 is 14.7 Å². The first kappa shape index (κ1) is 11.1. The molecule has 0 aromatic carbocycles. The molecule has 1 aliphatic carbocycles. The molecule has 1 amide bonds. The van der Waals surface area contributed by atoms with E-state index in [4.69, 9.17) is 5.11 Å². The third-order valence-electron chi connectivity index (χ3n) is 3.17. The number of carboxylic acid groups (broad SMARTS) is 1. The van der Waals surface area contributed by atoms with E-state index >= 15 is 0 Å². The number of carboxylic acids is 1. The summed E-state index contributed by atoms with van der Waals surface area (Å²) < 4.78 is 0. The molecule has 2 rings (SSSR count). The maximum absolute atomic E-state index is 12.1. The van der Waals surface area contributed by atoms with Crippen molar-refractivity contribution in [3.63, 3.8) is 0 Å². The Kier molecular flexibility index (Phi) is 2.71. The Morgan fingerprint density at radius 1 is 1.50 bits per heavy atom. The zero-order chi connectivity index (χ0) is 11.8. The average molecular weight is 239 g/mol. The third kappa shape index (κ3) is 1.51. The zero-order valence-electron chi connectivity index (χ0n) is 8.97. The summed E-state index contributed by atoms with van der Waals surface area (Å²) in [5.74, 6) is -1.29. The van der Waals surface area contributed by atoms with Gasteiger partial charge in [0.05, 0.1) is 5.00 Å². The Morgan fingerprint density at radius 2 is 2.19 bits per heavy atom. The first-order valence-electron chi connectivity index (χ1n) is 5.13. The molecule has 1 aromatic rings. The molecule has 0 aliphatic heterocycles. The normalized spacial score (nSPS) is 17.6. The molecule has 16 heavy (non-hydrogen) atoms. The largest absolute Gasteiger partial charge is 0.480 e. The van der Waals surface area contributed by atoms with E-state index in [1.807, 2.05) is 17.5 Å². The summed E-state index contributed by atoms with van der Waals surface area (Å²) in [6, 6.07) is 3.66. The third-order valence-corrected chi connectivity index (χ3v) is 4.11. The van der Waals surface area contributed by atoms with Crippen molar-refractivity contribution in [2.24, 2.45) is 5.41 Å². The van der Waals surface area contributed by atoms with Crippen molar-refractivity contribution in [1.82, 2.24) is 0 Å². The van der Waals surface area contributed by atoms with Gasteiger partial charge >= 0.3 is 5.97 Å². The van der Waals surface area contributed by atoms with E-state index in [0.29, 0.717) is 12.8 Å². The summed E-state index contributed by atoms with van der Waals surface area (Å²) >= 11 is 1.43. The summed E-state index contributed by atoms with van der Waals surface area (Å²) in [6.07, 6.45) is 1.73. The summed E-state index contributed by atoms with van der Waals surface area (Å²) in [5.41, 5.74) is -1.17. The van der Waals surface area contributed by atoms with Crippen LogP contribution < -0.4 is 4.90 Å². The fraction of sp³-hybridized carbons (Fsp3) is 0.455. The van der Waals surface area contributed by atoms with Crippen LogP contribution >= 0.6 is 11.3 Å². The number of carbonyl (C=O) groups is 2. The molecule has 1 heterocycles. The van der Waals surface area contributed by atoms with Gasteiger partial charge in [-0.15, -0.1) is 11.3 Å². The molecule has 4 nitrogen and oxygen atoms in total. The Bertz CT molecular complexity index is 409. The Hall–Kier alpha value is -1.36. The summed E-state index contributed by atoms with van der Waals surface area (Å²) in [4.78, 5) is 24.8. The van der Waals surface area contributed by atoms with E-state index in [-0.39, 0.29) is 5.91 Å². The molecular formula is C11H13NO3S. The van der Waals surface area contributed by atoms with Crippen LogP contribution in [0.5, 0.6) is 0 Å². The van der Waals surface area contributed by atoms with Gasteiger partial charge < -0.3 is 10.0 Å². The van der Waals surface area contributed by atoms with Gasteiger partial charge in [0, 0.05) is 7.05 Å². The van der Waals surface area contributed by atoms with Crippen LogP contribution in [0.3, 0.4) is 0 Å². The maximum atomic E-state index is 12.1. The molecule has 1 fully saturated rings. The van der Waals surface area contributed by atoms with Crippen molar-refractivity contribution in [3.05, 3.63) is 17.5 Å². The Morgan fingerprint density at radius 3 is 2.56 bits per heavy atom. The number of hydrogen-bond donors (Lipinski definition) is 1. The highest BCUT2D eigenvalue weighted by atomic mass is 32.1. The van der Waals surface area contributed by atoms with Gasteiger partial charge in [-0.1, -0.05) is 6.42 Å². The fourth-order valence-corrected chi connectivity index (χ4v) is 2.63. The van der Waals surface area contributed by atoms with Crippen molar-refractivity contribution in [2.75, 3.05) is 11.9 Å². The molecular weight excluding hydrogens is 226 g/mol. The smallest absolute Gasteiger partial charge is 0.319 e. The second kappa shape index (κ2) is 3.90. The number of nitrogens with zero attached hydrogens (tertiary/aromatic N) is 1. The van der Waals surface area contributed by atoms with E-state index in [9.17, 15) is 9.59 Å². The molecule has 1 aliphatic rings. The van der Waals surface area contributed by atoms with Gasteiger partial charge in [-0.2, -0.15) is 0 Å². The summed E-state index contributed by atoms with van der Waals surface area (Å²) in [5, 5.41) is 11.8. The molecule has 0 radical (unpaired) electrons. The van der Waals surface area contributed by atoms with Gasteiger partial charge in [0.2, 0.25) is 5.91 Å². The van der Waals surface area contributed by atoms with Crippen LogP contribution in [-0.4, -0.2) is 24.0 Å². The van der Waals surface area contributed by atoms with E-state index in [2.05, 4.69) is 0 Å². The number of carbonyl (C=O) groups excluding carboxylic acids is 1. The summed E-state index contributed by atoms with van der Waals surface area (Å²) in [7, 11) is 1.64. The van der Waals surface area contributed by atoms with Crippen LogP contribution in [0.25, 0.3) is 0 Å². The van der Waals surface area contributed by atoms with Crippen LogP contribution in [0.4, 0.5) is 5.00 Å². The molecule has 0 spiro atoms. The van der Waals surface area contributed by atoms with Crippen LogP contribution in [-0.2, 0) is 9.59 Å². The Labute approximate surface area is 97.5 Å². The summed E-state index contributed by atoms with van der Waals surface area (Å²) in [6.45, 7) is 0. The lowest BCUT2D eigenvalue weighted by atomic mass is 9.68. The van der Waals surface area contributed by atoms with E-state index in [1.54, 1.807) is 7.05 Å². The monoisotopic (exact) mass is 239 g/mol. The molecule has 1 N–H and O–H groups in total. The predicted molar refractivity (Wildman–Crippen MR) is 61.6 cm³/mol. The molecule has 86 valence electrons. The van der Waals surface area contributed by atoms with Gasteiger partial charge in [0.25, 0.3) is 0 Å². The highest BCUT2D eigenvalue weighted by Crippen LogP contribution is 2.43. The molecule has 1 aromatic heterocycles. The van der Waals surface area contributed by atoms with Gasteiger partial charge in [-0.05, 0) is 30.4 Å². The van der Waals surface area contributed by atoms with Crippen LogP contribution in [0.1, 0.15) is 19.3 Å². The van der Waals surface area contributed by atoms with Gasteiger partial charge in [-0.3, -0.25) is 9.59 Å². The van der Waals surface area contributed by atoms with Crippen molar-refractivity contribution >= 4 is 28.2 Å². The van der Waals surface area contributed by atoms with Gasteiger partial charge in [-0.25, -0.2) is 0 Å². The van der Waals surface area contributed by atoms with E-state index < -0.39 is 11.4 Å². The molecule has 5 heteroatoms. The first-order valence-corrected chi connectivity index (χ1v) is 6.01. The van der Waals surface area contributed by atoms with Gasteiger partial charge in [0.1, 0.15) is 5.41 Å². The molecule has 0 atom stereocenters. The fourth-order valence-electron chi connectivity index (χ4n) is 1.93. The van der Waals surface area contributed by atoms with Gasteiger partial charge in [0.15, 0.2) is 0 Å². The maximum Gasteiger partial charge on any atom is 0.319 e. The molecule has 0 unspecified atom stereocenters. The van der Waals surface area contributed by atoms with Crippen molar-refractivity contribution in [1.29, 1.82) is 0 Å². The van der Waals surface area contributed by atoms with Crippen LogP contribution in [0, 0.1) is 5.41 Å². The standard InChI is InChI=1S/C11H13NO3S/c1-12(8-4-2-7-16-8)9(13)11(10(14)15)5-3-6-11/h2,4,7H,3,5-6H2,1H3,(H,14,15). The lowest BCUT2D eigenvalue weighted by Gasteiger charge is -2.38. The van der Waals surface area contributed by atoms with Crippen molar-refractivity contribution in [2.45, 2.75) is 19.3 Å². The van der Waals surface area contributed by atoms with Crippen molar-refractivity contribution in [3.8, 4) is 0 Å². The number of aliphatic carboxylic acids is 1. The highest BCUT2D eigenvalue weighted by Gasteiger charge is 2.52. The lowest BCUT2D eigenvalue weighted by Crippen LogP contribution is -2.51. The molecule has 0 saturated heterocycles. The first-order chi connectivity index (χ1) is 7.58. The average Bonchev–Trinajstić information content (AvgIpc) is 2.66. The van der Waals surface area contributed by atoms with E-state index in [0.717, 1.165) is 11.4 Å². The Balaban J connectivity index is 2.22. The number of anilines is 1. The number of hydrogen-bond acceptors (Lipinski definition) is 3. The second-order valence-corrected chi connectivity index (χ2v) is 4.98. The number of thiophene rings is 1. The lowest BCUT2D eigenvalue weighted by molar-refractivity contribution is -0.160. The van der Waals surface area contributed by atoms with Crippen LogP contribution in [0.2, 0.25) is 0 Å². The molecule has 0 bridgehead atoms. The predicted octanol–water partition coefficient (Wildman–Crippen LogP) is 1.97. The molecule has 1 saturated carbocycles. The van der Waals surface area contributed by atoms with E-state index in [1.165, 1.54) is 16.2 Å². The minimum absolute atomic E-state index is 0.297. The number of rotatable bonds is 3. The zero-order valence-corrected chi connectivity index (χ0v) is 9.79. The minimum atomic E-state index is -1.17.